The Balaban J connectivity index is 2.42. The average Bonchev–Trinajstić information content (AvgIpc) is 3.10. The first-order chi connectivity index (χ1) is 8.19. The summed E-state index contributed by atoms with van der Waals surface area (Å²) in [4.78, 5) is 0. The first-order valence-corrected chi connectivity index (χ1v) is 7.54. The second-order valence-corrected chi connectivity index (χ2v) is 5.75. The number of nitrogens with one attached hydrogen (secondary N) is 1. The fraction of sp³-hybridized carbons (Fsp3) is 1.00. The summed E-state index contributed by atoms with van der Waals surface area (Å²) >= 11 is 0. The SMILES string of the molecule is CCCNC(CCC1CC1)C(OCC)C(C)C. The van der Waals surface area contributed by atoms with Crippen molar-refractivity contribution < 1.29 is 4.74 Å². The highest BCUT2D eigenvalue weighted by molar-refractivity contribution is 4.83. The molecule has 1 aliphatic carbocycles. The molecule has 1 saturated carbocycles. The lowest BCUT2D eigenvalue weighted by atomic mass is 9.94. The quantitative estimate of drug-likeness (QED) is 0.631. The highest BCUT2D eigenvalue weighted by Gasteiger charge is 2.28. The third-order valence-electron chi connectivity index (χ3n) is 3.65. The van der Waals surface area contributed by atoms with E-state index in [1.165, 1.54) is 32.1 Å². The smallest absolute Gasteiger partial charge is 0.0750 e. The zero-order valence-corrected chi connectivity index (χ0v) is 12.2. The normalized spacial score (nSPS) is 19.6. The Morgan fingerprint density at radius 3 is 2.41 bits per heavy atom. The molecule has 2 unspecified atom stereocenters. The Labute approximate surface area is 108 Å². The molecular formula is C15H31NO. The van der Waals surface area contributed by atoms with Gasteiger partial charge in [-0.2, -0.15) is 0 Å². The van der Waals surface area contributed by atoms with Crippen LogP contribution in [0.5, 0.6) is 0 Å². The van der Waals surface area contributed by atoms with Crippen LogP contribution in [-0.2, 0) is 4.74 Å². The van der Waals surface area contributed by atoms with Crippen molar-refractivity contribution in [2.24, 2.45) is 11.8 Å². The molecule has 2 atom stereocenters. The molecule has 0 spiro atoms. The van der Waals surface area contributed by atoms with Gasteiger partial charge >= 0.3 is 0 Å². The monoisotopic (exact) mass is 241 g/mol. The lowest BCUT2D eigenvalue weighted by molar-refractivity contribution is 0.000757. The summed E-state index contributed by atoms with van der Waals surface area (Å²) in [5.74, 6) is 1.62. The van der Waals surface area contributed by atoms with Crippen LogP contribution in [0.3, 0.4) is 0 Å². The Morgan fingerprint density at radius 1 is 1.24 bits per heavy atom. The predicted octanol–water partition coefficient (Wildman–Crippen LogP) is 3.61. The predicted molar refractivity (Wildman–Crippen MR) is 74.3 cm³/mol. The van der Waals surface area contributed by atoms with Crippen molar-refractivity contribution in [2.45, 2.75) is 71.9 Å². The van der Waals surface area contributed by atoms with Crippen molar-refractivity contribution in [3.8, 4) is 0 Å². The van der Waals surface area contributed by atoms with Crippen LogP contribution >= 0.6 is 0 Å². The molecule has 0 radical (unpaired) electrons. The van der Waals surface area contributed by atoms with Crippen LogP contribution in [-0.4, -0.2) is 25.3 Å². The lowest BCUT2D eigenvalue weighted by Gasteiger charge is -2.31. The Kier molecular flexibility index (Phi) is 7.14. The fourth-order valence-corrected chi connectivity index (χ4v) is 2.50. The molecule has 2 nitrogen and oxygen atoms in total. The van der Waals surface area contributed by atoms with E-state index in [-0.39, 0.29) is 0 Å². The molecule has 0 aromatic carbocycles. The molecule has 0 heterocycles. The highest BCUT2D eigenvalue weighted by Crippen LogP contribution is 2.34. The van der Waals surface area contributed by atoms with Crippen molar-refractivity contribution in [3.05, 3.63) is 0 Å². The summed E-state index contributed by atoms with van der Waals surface area (Å²) in [7, 11) is 0. The molecule has 2 heteroatoms. The van der Waals surface area contributed by atoms with E-state index in [9.17, 15) is 0 Å². The van der Waals surface area contributed by atoms with E-state index in [0.717, 1.165) is 19.1 Å². The van der Waals surface area contributed by atoms with Crippen LogP contribution in [0, 0.1) is 11.8 Å². The summed E-state index contributed by atoms with van der Waals surface area (Å²) in [6, 6.07) is 0.551. The van der Waals surface area contributed by atoms with Gasteiger partial charge in [-0.15, -0.1) is 0 Å². The van der Waals surface area contributed by atoms with Gasteiger partial charge in [0.25, 0.3) is 0 Å². The summed E-state index contributed by atoms with van der Waals surface area (Å²) in [6.45, 7) is 10.8. The molecule has 0 aromatic rings. The van der Waals surface area contributed by atoms with E-state index in [1.54, 1.807) is 0 Å². The molecule has 0 bridgehead atoms. The van der Waals surface area contributed by atoms with Crippen molar-refractivity contribution in [3.63, 3.8) is 0 Å². The van der Waals surface area contributed by atoms with Crippen molar-refractivity contribution in [2.75, 3.05) is 13.2 Å². The van der Waals surface area contributed by atoms with Gasteiger partial charge in [0.2, 0.25) is 0 Å². The van der Waals surface area contributed by atoms with E-state index >= 15 is 0 Å². The van der Waals surface area contributed by atoms with Crippen LogP contribution in [0.2, 0.25) is 0 Å². The molecular weight excluding hydrogens is 210 g/mol. The van der Waals surface area contributed by atoms with Gasteiger partial charge in [0.05, 0.1) is 6.10 Å². The standard InChI is InChI=1S/C15H31NO/c1-5-11-16-14(10-9-13-7-8-13)15(12(3)4)17-6-2/h12-16H,5-11H2,1-4H3. The second-order valence-electron chi connectivity index (χ2n) is 5.75. The molecule has 0 aromatic heterocycles. The Hall–Kier alpha value is -0.0800. The van der Waals surface area contributed by atoms with E-state index < -0.39 is 0 Å². The van der Waals surface area contributed by atoms with Crippen LogP contribution in [0.25, 0.3) is 0 Å². The third kappa shape index (κ3) is 5.87. The molecule has 1 aliphatic rings. The number of rotatable bonds is 10. The third-order valence-corrected chi connectivity index (χ3v) is 3.65. The maximum atomic E-state index is 5.95. The number of ether oxygens (including phenoxy) is 1. The summed E-state index contributed by atoms with van der Waals surface area (Å²) in [6.07, 6.45) is 7.18. The minimum Gasteiger partial charge on any atom is -0.377 e. The summed E-state index contributed by atoms with van der Waals surface area (Å²) < 4.78 is 5.95. The maximum Gasteiger partial charge on any atom is 0.0750 e. The van der Waals surface area contributed by atoms with Crippen LogP contribution < -0.4 is 5.32 Å². The van der Waals surface area contributed by atoms with Crippen LogP contribution in [0.4, 0.5) is 0 Å². The van der Waals surface area contributed by atoms with Gasteiger partial charge in [-0.1, -0.05) is 33.6 Å². The van der Waals surface area contributed by atoms with Crippen molar-refractivity contribution in [1.29, 1.82) is 0 Å². The average molecular weight is 241 g/mol. The van der Waals surface area contributed by atoms with Crippen LogP contribution in [0.1, 0.15) is 59.8 Å². The van der Waals surface area contributed by atoms with Gasteiger partial charge in [0, 0.05) is 12.6 Å². The summed E-state index contributed by atoms with van der Waals surface area (Å²) in [5.41, 5.74) is 0. The molecule has 0 amide bonds. The van der Waals surface area contributed by atoms with Gasteiger partial charge in [-0.25, -0.2) is 0 Å². The first-order valence-electron chi connectivity index (χ1n) is 7.54. The van der Waals surface area contributed by atoms with E-state index in [0.29, 0.717) is 18.1 Å². The molecule has 1 rings (SSSR count). The van der Waals surface area contributed by atoms with Crippen LogP contribution in [0.15, 0.2) is 0 Å². The number of hydrogen-bond donors (Lipinski definition) is 1. The molecule has 1 N–H and O–H groups in total. The highest BCUT2D eigenvalue weighted by atomic mass is 16.5. The van der Waals surface area contributed by atoms with Crippen molar-refractivity contribution >= 4 is 0 Å². The second kappa shape index (κ2) is 8.10. The Bertz CT molecular complexity index is 189. The molecule has 17 heavy (non-hydrogen) atoms. The largest absolute Gasteiger partial charge is 0.377 e. The number of hydrogen-bond acceptors (Lipinski definition) is 2. The molecule has 0 saturated heterocycles. The molecule has 0 aliphatic heterocycles. The van der Waals surface area contributed by atoms with E-state index in [4.69, 9.17) is 4.74 Å². The topological polar surface area (TPSA) is 21.3 Å². The van der Waals surface area contributed by atoms with Gasteiger partial charge < -0.3 is 10.1 Å². The zero-order chi connectivity index (χ0) is 12.7. The lowest BCUT2D eigenvalue weighted by Crippen LogP contribution is -2.44. The minimum atomic E-state index is 0.380. The van der Waals surface area contributed by atoms with Crippen molar-refractivity contribution in [1.82, 2.24) is 5.32 Å². The van der Waals surface area contributed by atoms with Gasteiger partial charge in [-0.3, -0.25) is 0 Å². The summed E-state index contributed by atoms with van der Waals surface area (Å²) in [5, 5.41) is 3.69. The van der Waals surface area contributed by atoms with Gasteiger partial charge in [-0.05, 0) is 44.6 Å². The fourth-order valence-electron chi connectivity index (χ4n) is 2.50. The first kappa shape index (κ1) is 15.0. The molecule has 1 fully saturated rings. The van der Waals surface area contributed by atoms with E-state index in [2.05, 4.69) is 33.0 Å². The van der Waals surface area contributed by atoms with E-state index in [1.807, 2.05) is 0 Å². The van der Waals surface area contributed by atoms with Gasteiger partial charge in [0.15, 0.2) is 0 Å². The molecule has 102 valence electrons. The van der Waals surface area contributed by atoms with Gasteiger partial charge in [0.1, 0.15) is 0 Å². The minimum absolute atomic E-state index is 0.380. The maximum absolute atomic E-state index is 5.95. The Morgan fingerprint density at radius 2 is 1.94 bits per heavy atom. The zero-order valence-electron chi connectivity index (χ0n) is 12.2.